The van der Waals surface area contributed by atoms with Gasteiger partial charge in [-0.3, -0.25) is 19.0 Å². The largest absolute Gasteiger partial charge is 0.527 e. The Morgan fingerprint density at radius 1 is 1.18 bits per heavy atom. The zero-order valence-electron chi connectivity index (χ0n) is 21.5. The molecule has 0 radical (unpaired) electrons. The van der Waals surface area contributed by atoms with Crippen LogP contribution in [0.25, 0.3) is 0 Å². The van der Waals surface area contributed by atoms with Crippen LogP contribution in [0, 0.1) is 34.5 Å². The molecule has 3 fully saturated rings. The smallest absolute Gasteiger partial charge is 0.404 e. The molecule has 0 bridgehead atoms. The predicted octanol–water partition coefficient (Wildman–Crippen LogP) is 4.99. The van der Waals surface area contributed by atoms with Gasteiger partial charge < -0.3 is 15.4 Å². The summed E-state index contributed by atoms with van der Waals surface area (Å²) in [7, 11) is -4.50. The average molecular weight is 582 g/mol. The van der Waals surface area contributed by atoms with E-state index in [1.54, 1.807) is 12.2 Å². The van der Waals surface area contributed by atoms with Crippen molar-refractivity contribution in [3.8, 4) is 5.75 Å². The molecule has 4 N–H and O–H groups in total. The van der Waals surface area contributed by atoms with Crippen LogP contribution in [0.2, 0.25) is 0 Å². The number of carbonyl (C=O) groups is 2. The lowest BCUT2D eigenvalue weighted by atomic mass is 9.46. The number of anilines is 1. The number of thiol groups is 2. The number of aliphatic hydroxyl groups excluding tert-OH is 1. The normalized spacial score (nSPS) is 36.9. The summed E-state index contributed by atoms with van der Waals surface area (Å²) in [6.07, 6.45) is 8.37. The molecule has 8 nitrogen and oxygen atoms in total. The van der Waals surface area contributed by atoms with Crippen molar-refractivity contribution < 1.29 is 33.2 Å². The van der Waals surface area contributed by atoms with E-state index in [0.717, 1.165) is 24.8 Å². The predicted molar refractivity (Wildman–Crippen MR) is 152 cm³/mol. The van der Waals surface area contributed by atoms with E-state index >= 15 is 0 Å². The second kappa shape index (κ2) is 11.1. The molecule has 0 saturated heterocycles. The molecule has 0 aliphatic heterocycles. The molecule has 1 aromatic rings. The van der Waals surface area contributed by atoms with Crippen LogP contribution in [0.5, 0.6) is 5.75 Å². The number of aliphatic hydroxyl groups is 1. The van der Waals surface area contributed by atoms with Crippen molar-refractivity contribution in [2.45, 2.75) is 52.1 Å². The first-order chi connectivity index (χ1) is 17.9. The lowest BCUT2D eigenvalue weighted by Crippen LogP contribution is -2.56. The average Bonchev–Trinajstić information content (AvgIpc) is 3.22. The van der Waals surface area contributed by atoms with Gasteiger partial charge in [0.25, 0.3) is 0 Å². The van der Waals surface area contributed by atoms with Gasteiger partial charge in [-0.25, -0.2) is 4.57 Å². The van der Waals surface area contributed by atoms with Crippen LogP contribution in [0.3, 0.4) is 0 Å². The highest BCUT2D eigenvalue weighted by Crippen LogP contribution is 2.66. The van der Waals surface area contributed by atoms with Crippen LogP contribution >= 0.6 is 31.1 Å². The Bertz CT molecular complexity index is 1190. The molecular weight excluding hydrogens is 545 g/mol. The second-order valence-corrected chi connectivity index (χ2v) is 12.7. The zero-order chi connectivity index (χ0) is 27.9. The number of allylic oxidation sites excluding steroid dienone is 4. The van der Waals surface area contributed by atoms with E-state index in [9.17, 15) is 24.2 Å². The molecule has 208 valence electrons. The standard InChI is InChI=1S/C27H34NO7P.H2S2/c1-26-12-11-18(29)13-16(26)3-8-20-21-9-10-22(27(21,2)14-23(30)25(20)26)24(31)15-34-36(32,33)35-19-6-4-17(28)5-7-19;1-2/h4-7,11-13,20-23,25,30H,3,8-10,14-15,28H2,1-2H3,(H,32,33);1-2H. The van der Waals surface area contributed by atoms with Crippen molar-refractivity contribution in [3.05, 3.63) is 48.1 Å². The van der Waals surface area contributed by atoms with Gasteiger partial charge in [0.1, 0.15) is 12.4 Å². The summed E-state index contributed by atoms with van der Waals surface area (Å²) in [4.78, 5) is 35.4. The van der Waals surface area contributed by atoms with Crippen molar-refractivity contribution >= 4 is 48.4 Å². The molecule has 0 spiro atoms. The van der Waals surface area contributed by atoms with E-state index in [2.05, 4.69) is 37.2 Å². The summed E-state index contributed by atoms with van der Waals surface area (Å²) in [6.45, 7) is 3.66. The van der Waals surface area contributed by atoms with Gasteiger partial charge in [-0.05, 0) is 85.8 Å². The van der Waals surface area contributed by atoms with Crippen LogP contribution in [-0.4, -0.2) is 34.3 Å². The monoisotopic (exact) mass is 581 g/mol. The first kappa shape index (κ1) is 29.4. The van der Waals surface area contributed by atoms with Crippen molar-refractivity contribution in [3.63, 3.8) is 0 Å². The highest BCUT2D eigenvalue weighted by Gasteiger charge is 2.62. The first-order valence-electron chi connectivity index (χ1n) is 12.8. The maximum absolute atomic E-state index is 13.3. The van der Waals surface area contributed by atoms with E-state index in [-0.39, 0.29) is 46.4 Å². The van der Waals surface area contributed by atoms with Crippen molar-refractivity contribution in [2.75, 3.05) is 12.3 Å². The van der Waals surface area contributed by atoms with Gasteiger partial charge in [-0.1, -0.05) is 25.5 Å². The van der Waals surface area contributed by atoms with Crippen molar-refractivity contribution in [1.29, 1.82) is 0 Å². The Kier molecular flexibility index (Phi) is 8.63. The van der Waals surface area contributed by atoms with Gasteiger partial charge in [0.15, 0.2) is 11.6 Å². The van der Waals surface area contributed by atoms with Crippen molar-refractivity contribution in [1.82, 2.24) is 0 Å². The number of nitrogen functional groups attached to an aromatic ring is 1. The van der Waals surface area contributed by atoms with Crippen LogP contribution in [0.15, 0.2) is 48.1 Å². The van der Waals surface area contributed by atoms with Crippen LogP contribution in [0.1, 0.15) is 46.0 Å². The number of hydrogen-bond acceptors (Lipinski definition) is 9. The summed E-state index contributed by atoms with van der Waals surface area (Å²) in [6, 6.07) is 5.98. The van der Waals surface area contributed by atoms with Gasteiger partial charge in [0, 0.05) is 22.9 Å². The van der Waals surface area contributed by atoms with Crippen LogP contribution < -0.4 is 10.3 Å². The van der Waals surface area contributed by atoms with Gasteiger partial charge >= 0.3 is 7.82 Å². The van der Waals surface area contributed by atoms with Gasteiger partial charge in [-0.15, -0.1) is 23.3 Å². The highest BCUT2D eigenvalue weighted by atomic mass is 33.1. The number of hydrogen-bond donors (Lipinski definition) is 5. The molecule has 0 aromatic heterocycles. The first-order valence-corrected chi connectivity index (χ1v) is 15.9. The number of phosphoric acid groups is 1. The minimum atomic E-state index is -4.50. The van der Waals surface area contributed by atoms with Gasteiger partial charge in [0.2, 0.25) is 0 Å². The summed E-state index contributed by atoms with van der Waals surface area (Å²) >= 11 is 6.44. The fourth-order valence-electron chi connectivity index (χ4n) is 7.79. The maximum atomic E-state index is 13.3. The van der Waals surface area contributed by atoms with E-state index < -0.39 is 25.9 Å². The Labute approximate surface area is 233 Å². The Morgan fingerprint density at radius 2 is 1.87 bits per heavy atom. The highest BCUT2D eigenvalue weighted by molar-refractivity contribution is 8.59. The maximum Gasteiger partial charge on any atom is 0.527 e. The van der Waals surface area contributed by atoms with Gasteiger partial charge in [0.05, 0.1) is 6.10 Å². The number of fused-ring (bicyclic) bond motifs is 5. The third-order valence-electron chi connectivity index (χ3n) is 9.35. The molecule has 4 aliphatic carbocycles. The van der Waals surface area contributed by atoms with Crippen molar-refractivity contribution in [2.24, 2.45) is 34.5 Å². The molecule has 3 saturated carbocycles. The number of carbonyl (C=O) groups excluding carboxylic acids is 2. The number of Topliss-reactive ketones (excluding diaryl/α,β-unsaturated/α-hetero) is 1. The van der Waals surface area contributed by atoms with Crippen LogP contribution in [-0.2, 0) is 18.7 Å². The quantitative estimate of drug-likeness (QED) is 0.137. The van der Waals surface area contributed by atoms with E-state index in [0.29, 0.717) is 18.5 Å². The molecular formula is C27H36NO7PS2. The summed E-state index contributed by atoms with van der Waals surface area (Å²) in [5, 5.41) is 11.4. The number of benzene rings is 1. The second-order valence-electron chi connectivity index (χ2n) is 11.3. The topological polar surface area (TPSA) is 136 Å². The zero-order valence-corrected chi connectivity index (χ0v) is 24.2. The minimum absolute atomic E-state index is 0.00371. The molecule has 0 heterocycles. The molecule has 1 aromatic carbocycles. The number of ketones is 2. The minimum Gasteiger partial charge on any atom is -0.404 e. The summed E-state index contributed by atoms with van der Waals surface area (Å²) < 4.78 is 22.6. The molecule has 4 aliphatic rings. The molecule has 38 heavy (non-hydrogen) atoms. The molecule has 8 unspecified atom stereocenters. The number of rotatable bonds is 6. The molecule has 11 heteroatoms. The molecule has 5 rings (SSSR count). The fourth-order valence-corrected chi connectivity index (χ4v) is 8.52. The Hall–Kier alpha value is -1.55. The lowest BCUT2D eigenvalue weighted by molar-refractivity contribution is -0.141. The summed E-state index contributed by atoms with van der Waals surface area (Å²) in [5.74, 6) is -0.0180. The van der Waals surface area contributed by atoms with E-state index in [1.807, 2.05) is 6.08 Å². The SMILES string of the molecule is CC12C=CC(=O)C=C1CCC1C2C(O)CC2(C)C(C(=O)COP(=O)(O)Oc3ccc(N)cc3)CCC12.SS. The van der Waals surface area contributed by atoms with E-state index in [1.165, 1.54) is 24.3 Å². The number of nitrogens with two attached hydrogens (primary N) is 1. The fraction of sp³-hybridized carbons (Fsp3) is 0.556. The number of phosphoric ester groups is 1. The van der Waals surface area contributed by atoms with Crippen LogP contribution in [0.4, 0.5) is 5.69 Å². The van der Waals surface area contributed by atoms with Gasteiger partial charge in [-0.2, -0.15) is 0 Å². The third kappa shape index (κ3) is 5.40. The third-order valence-corrected chi connectivity index (χ3v) is 10.2. The van der Waals surface area contributed by atoms with E-state index in [4.69, 9.17) is 14.8 Å². The molecule has 8 atom stereocenters. The molecule has 0 amide bonds. The summed E-state index contributed by atoms with van der Waals surface area (Å²) in [5.41, 5.74) is 6.42. The Balaban J connectivity index is 0.00000164. The lowest BCUT2D eigenvalue weighted by Gasteiger charge is -2.58. The Morgan fingerprint density at radius 3 is 2.55 bits per heavy atom.